The van der Waals surface area contributed by atoms with Gasteiger partial charge in [0, 0.05) is 37.0 Å². The molecule has 0 spiro atoms. The van der Waals surface area contributed by atoms with Crippen LogP contribution in [-0.4, -0.2) is 28.3 Å². The number of H-pyrrole nitrogens is 1. The van der Waals surface area contributed by atoms with Crippen molar-refractivity contribution >= 4 is 22.8 Å². The fraction of sp³-hybridized carbons (Fsp3) is 0.375. The van der Waals surface area contributed by atoms with Gasteiger partial charge in [-0.25, -0.2) is 0 Å². The first kappa shape index (κ1) is 13.7. The number of carbonyl (C=O) groups is 2. The zero-order valence-electron chi connectivity index (χ0n) is 12.4. The van der Waals surface area contributed by atoms with E-state index in [1.807, 2.05) is 24.0 Å². The highest BCUT2D eigenvalue weighted by molar-refractivity contribution is 5.87. The van der Waals surface area contributed by atoms with Gasteiger partial charge in [0.25, 0.3) is 0 Å². The molecule has 0 radical (unpaired) electrons. The number of carbonyl (C=O) groups excluding carboxylic acids is 2. The monoisotopic (exact) mass is 286 g/mol. The van der Waals surface area contributed by atoms with E-state index in [4.69, 9.17) is 4.74 Å². The Morgan fingerprint density at radius 3 is 2.76 bits per heavy atom. The predicted molar refractivity (Wildman–Crippen MR) is 79.1 cm³/mol. The molecule has 0 unspecified atom stereocenters. The molecule has 3 rings (SSSR count). The minimum atomic E-state index is -0.324. The Balaban J connectivity index is 2.07. The van der Waals surface area contributed by atoms with E-state index in [1.165, 1.54) is 12.5 Å². The fourth-order valence-electron chi connectivity index (χ4n) is 3.11. The SMILES string of the molecule is CC(=O)Oc1ccc2[nH]c3c(c2c1)CCN(C(C)=O)[C@@H]3C. The molecular weight excluding hydrogens is 268 g/mol. The molecule has 0 saturated carbocycles. The highest BCUT2D eigenvalue weighted by atomic mass is 16.5. The van der Waals surface area contributed by atoms with Gasteiger partial charge in [-0.3, -0.25) is 9.59 Å². The van der Waals surface area contributed by atoms with Crippen molar-refractivity contribution in [2.45, 2.75) is 33.2 Å². The third kappa shape index (κ3) is 2.28. The van der Waals surface area contributed by atoms with Gasteiger partial charge in [0.05, 0.1) is 6.04 Å². The van der Waals surface area contributed by atoms with E-state index >= 15 is 0 Å². The number of hydrogen-bond donors (Lipinski definition) is 1. The first-order valence-electron chi connectivity index (χ1n) is 7.07. The molecule has 1 N–H and O–H groups in total. The Bertz CT molecular complexity index is 732. The minimum Gasteiger partial charge on any atom is -0.427 e. The zero-order chi connectivity index (χ0) is 15.1. The van der Waals surface area contributed by atoms with Crippen molar-refractivity contribution in [2.75, 3.05) is 6.54 Å². The lowest BCUT2D eigenvalue weighted by Crippen LogP contribution is -2.37. The number of fused-ring (bicyclic) bond motifs is 3. The summed E-state index contributed by atoms with van der Waals surface area (Å²) in [5.74, 6) is 0.320. The topological polar surface area (TPSA) is 62.4 Å². The van der Waals surface area contributed by atoms with Gasteiger partial charge in [-0.2, -0.15) is 0 Å². The second-order valence-electron chi connectivity index (χ2n) is 5.46. The van der Waals surface area contributed by atoms with E-state index in [0.29, 0.717) is 12.3 Å². The number of hydrogen-bond acceptors (Lipinski definition) is 3. The quantitative estimate of drug-likeness (QED) is 0.647. The summed E-state index contributed by atoms with van der Waals surface area (Å²) < 4.78 is 5.15. The van der Waals surface area contributed by atoms with Gasteiger partial charge in [-0.15, -0.1) is 0 Å². The second kappa shape index (κ2) is 4.91. The normalized spacial score (nSPS) is 17.7. The number of aromatic amines is 1. The van der Waals surface area contributed by atoms with Crippen LogP contribution in [0.2, 0.25) is 0 Å². The van der Waals surface area contributed by atoms with Crippen LogP contribution in [0.25, 0.3) is 10.9 Å². The molecule has 0 bridgehead atoms. The second-order valence-corrected chi connectivity index (χ2v) is 5.46. The van der Waals surface area contributed by atoms with Gasteiger partial charge in [0.15, 0.2) is 0 Å². The van der Waals surface area contributed by atoms with Crippen molar-refractivity contribution < 1.29 is 14.3 Å². The predicted octanol–water partition coefficient (Wildman–Crippen LogP) is 2.56. The smallest absolute Gasteiger partial charge is 0.308 e. The molecule has 2 aromatic rings. The van der Waals surface area contributed by atoms with Crippen LogP contribution in [0, 0.1) is 0 Å². The first-order valence-corrected chi connectivity index (χ1v) is 7.07. The standard InChI is InChI=1S/C16H18N2O3/c1-9-16-13(6-7-18(9)10(2)19)14-8-12(21-11(3)20)4-5-15(14)17-16/h4-5,8-9,17H,6-7H2,1-3H3/t9-/m1/s1. The molecule has 1 aliphatic heterocycles. The lowest BCUT2D eigenvalue weighted by atomic mass is 9.98. The van der Waals surface area contributed by atoms with E-state index in [2.05, 4.69) is 4.98 Å². The van der Waals surface area contributed by atoms with Gasteiger partial charge in [-0.05, 0) is 37.1 Å². The van der Waals surface area contributed by atoms with E-state index in [9.17, 15) is 9.59 Å². The summed E-state index contributed by atoms with van der Waals surface area (Å²) in [4.78, 5) is 28.0. The molecule has 0 aliphatic carbocycles. The first-order chi connectivity index (χ1) is 9.97. The summed E-state index contributed by atoms with van der Waals surface area (Å²) in [5.41, 5.74) is 3.29. The molecule has 1 atom stereocenters. The molecule has 2 heterocycles. The highest BCUT2D eigenvalue weighted by Crippen LogP contribution is 2.35. The molecule has 5 nitrogen and oxygen atoms in total. The number of rotatable bonds is 1. The van der Waals surface area contributed by atoms with Gasteiger partial charge in [0.1, 0.15) is 5.75 Å². The summed E-state index contributed by atoms with van der Waals surface area (Å²) in [6.45, 7) is 5.74. The van der Waals surface area contributed by atoms with Crippen molar-refractivity contribution in [1.29, 1.82) is 0 Å². The van der Waals surface area contributed by atoms with Crippen molar-refractivity contribution in [3.63, 3.8) is 0 Å². The molecule has 21 heavy (non-hydrogen) atoms. The van der Waals surface area contributed by atoms with Crippen molar-refractivity contribution in [2.24, 2.45) is 0 Å². The van der Waals surface area contributed by atoms with E-state index in [0.717, 1.165) is 23.0 Å². The van der Waals surface area contributed by atoms with Crippen LogP contribution in [0.1, 0.15) is 38.1 Å². The zero-order valence-corrected chi connectivity index (χ0v) is 12.4. The van der Waals surface area contributed by atoms with Gasteiger partial charge >= 0.3 is 5.97 Å². The molecule has 5 heteroatoms. The molecule has 110 valence electrons. The fourth-order valence-corrected chi connectivity index (χ4v) is 3.11. The third-order valence-electron chi connectivity index (χ3n) is 4.06. The molecule has 1 aromatic carbocycles. The van der Waals surface area contributed by atoms with Crippen LogP contribution in [0.3, 0.4) is 0 Å². The largest absolute Gasteiger partial charge is 0.427 e. The summed E-state index contributed by atoms with van der Waals surface area (Å²) >= 11 is 0. The Hall–Kier alpha value is -2.30. The maximum absolute atomic E-state index is 11.7. The Morgan fingerprint density at radius 2 is 2.10 bits per heavy atom. The van der Waals surface area contributed by atoms with E-state index in [1.54, 1.807) is 13.0 Å². The van der Waals surface area contributed by atoms with Gasteiger partial charge < -0.3 is 14.6 Å². The summed E-state index contributed by atoms with van der Waals surface area (Å²) in [6, 6.07) is 5.62. The molecular formula is C16H18N2O3. The average Bonchev–Trinajstić information content (AvgIpc) is 2.77. The van der Waals surface area contributed by atoms with Crippen LogP contribution in [0.15, 0.2) is 18.2 Å². The van der Waals surface area contributed by atoms with Gasteiger partial charge in [0.2, 0.25) is 5.91 Å². The van der Waals surface area contributed by atoms with Gasteiger partial charge in [-0.1, -0.05) is 0 Å². The van der Waals surface area contributed by atoms with Crippen LogP contribution in [-0.2, 0) is 16.0 Å². The number of amides is 1. The molecule has 1 aliphatic rings. The van der Waals surface area contributed by atoms with Crippen molar-refractivity contribution in [3.8, 4) is 5.75 Å². The van der Waals surface area contributed by atoms with E-state index in [-0.39, 0.29) is 17.9 Å². The van der Waals surface area contributed by atoms with Crippen LogP contribution < -0.4 is 4.74 Å². The Morgan fingerprint density at radius 1 is 1.33 bits per heavy atom. The molecule has 1 aromatic heterocycles. The molecule has 1 amide bonds. The van der Waals surface area contributed by atoms with Crippen LogP contribution >= 0.6 is 0 Å². The summed E-state index contributed by atoms with van der Waals surface area (Å²) in [6.07, 6.45) is 0.808. The highest BCUT2D eigenvalue weighted by Gasteiger charge is 2.28. The molecule has 0 fully saturated rings. The van der Waals surface area contributed by atoms with Crippen molar-refractivity contribution in [3.05, 3.63) is 29.5 Å². The van der Waals surface area contributed by atoms with Crippen LogP contribution in [0.5, 0.6) is 5.75 Å². The number of aromatic nitrogens is 1. The minimum absolute atomic E-state index is 0.0378. The number of nitrogens with zero attached hydrogens (tertiary/aromatic N) is 1. The Labute approximate surface area is 122 Å². The number of esters is 1. The number of nitrogens with one attached hydrogen (secondary N) is 1. The maximum Gasteiger partial charge on any atom is 0.308 e. The number of benzene rings is 1. The lowest BCUT2D eigenvalue weighted by molar-refractivity contribution is -0.132. The van der Waals surface area contributed by atoms with Crippen molar-refractivity contribution in [1.82, 2.24) is 9.88 Å². The maximum atomic E-state index is 11.7. The average molecular weight is 286 g/mol. The van der Waals surface area contributed by atoms with E-state index < -0.39 is 0 Å². The number of ether oxygens (including phenoxy) is 1. The molecule has 0 saturated heterocycles. The van der Waals surface area contributed by atoms with Crippen LogP contribution in [0.4, 0.5) is 0 Å². The Kier molecular flexibility index (Phi) is 3.20. The summed E-state index contributed by atoms with van der Waals surface area (Å²) in [5, 5.41) is 1.07. The summed E-state index contributed by atoms with van der Waals surface area (Å²) in [7, 11) is 0. The third-order valence-corrected chi connectivity index (χ3v) is 4.06. The lowest BCUT2D eigenvalue weighted by Gasteiger charge is -2.32.